The van der Waals surface area contributed by atoms with Gasteiger partial charge in [0.2, 0.25) is 0 Å². The lowest BCUT2D eigenvalue weighted by atomic mass is 10.1. The number of fused-ring (bicyclic) bond motifs is 1. The zero-order valence-corrected chi connectivity index (χ0v) is 19.6. The number of carbonyl (C=O) groups excluding carboxylic acids is 2. The first-order valence-electron chi connectivity index (χ1n) is 10.9. The first-order valence-corrected chi connectivity index (χ1v) is 11.8. The first kappa shape index (κ1) is 23.2. The molecule has 9 heteroatoms. The second-order valence-corrected chi connectivity index (χ2v) is 8.49. The van der Waals surface area contributed by atoms with Gasteiger partial charge in [-0.05, 0) is 31.2 Å². The SMILES string of the molecule is CCOc1cccc2sc(N(CCN3CCOCC3)C(=O)c3ccccc3C(=O)OC)nc12. The molecule has 4 rings (SSSR count). The Bertz CT molecular complexity index is 1130. The van der Waals surface area contributed by atoms with Gasteiger partial charge in [0.05, 0.1) is 42.8 Å². The van der Waals surface area contributed by atoms with Crippen molar-refractivity contribution in [1.82, 2.24) is 9.88 Å². The number of rotatable bonds is 8. The van der Waals surface area contributed by atoms with E-state index >= 15 is 0 Å². The zero-order valence-electron chi connectivity index (χ0n) is 18.8. The summed E-state index contributed by atoms with van der Waals surface area (Å²) >= 11 is 1.43. The highest BCUT2D eigenvalue weighted by molar-refractivity contribution is 7.22. The molecule has 8 nitrogen and oxygen atoms in total. The number of amides is 1. The van der Waals surface area contributed by atoms with Gasteiger partial charge in [0, 0.05) is 26.2 Å². The summed E-state index contributed by atoms with van der Waals surface area (Å²) in [6.45, 7) is 6.54. The van der Waals surface area contributed by atoms with E-state index < -0.39 is 5.97 Å². The molecule has 174 valence electrons. The zero-order chi connectivity index (χ0) is 23.2. The summed E-state index contributed by atoms with van der Waals surface area (Å²) in [4.78, 5) is 34.8. The fourth-order valence-electron chi connectivity index (χ4n) is 3.75. The van der Waals surface area contributed by atoms with Gasteiger partial charge in [0.1, 0.15) is 11.3 Å². The number of benzene rings is 2. The molecule has 0 atom stereocenters. The van der Waals surface area contributed by atoms with Crippen molar-refractivity contribution in [2.75, 3.05) is 58.0 Å². The molecule has 0 N–H and O–H groups in total. The van der Waals surface area contributed by atoms with Crippen LogP contribution in [0.1, 0.15) is 27.6 Å². The van der Waals surface area contributed by atoms with E-state index in [0.29, 0.717) is 43.8 Å². The van der Waals surface area contributed by atoms with E-state index in [4.69, 9.17) is 19.2 Å². The second kappa shape index (κ2) is 10.7. The number of anilines is 1. The quantitative estimate of drug-likeness (QED) is 0.467. The maximum Gasteiger partial charge on any atom is 0.338 e. The monoisotopic (exact) mass is 469 g/mol. The number of para-hydroxylation sites is 1. The molecule has 1 fully saturated rings. The Balaban J connectivity index is 1.71. The van der Waals surface area contributed by atoms with Gasteiger partial charge < -0.3 is 14.2 Å². The van der Waals surface area contributed by atoms with Crippen LogP contribution in [-0.4, -0.2) is 74.9 Å². The van der Waals surface area contributed by atoms with E-state index in [1.165, 1.54) is 18.4 Å². The van der Waals surface area contributed by atoms with Crippen LogP contribution in [0.5, 0.6) is 5.75 Å². The summed E-state index contributed by atoms with van der Waals surface area (Å²) in [5.74, 6) is -0.149. The molecule has 0 spiro atoms. The Morgan fingerprint density at radius 1 is 1.12 bits per heavy atom. The van der Waals surface area contributed by atoms with Crippen molar-refractivity contribution < 1.29 is 23.8 Å². The predicted octanol–water partition coefficient (Wildman–Crippen LogP) is 3.46. The van der Waals surface area contributed by atoms with E-state index in [1.54, 1.807) is 29.2 Å². The Labute approximate surface area is 196 Å². The summed E-state index contributed by atoms with van der Waals surface area (Å²) < 4.78 is 17.0. The van der Waals surface area contributed by atoms with Gasteiger partial charge in [0.25, 0.3) is 5.91 Å². The molecule has 0 radical (unpaired) electrons. The van der Waals surface area contributed by atoms with Gasteiger partial charge in [-0.3, -0.25) is 14.6 Å². The number of esters is 1. The minimum absolute atomic E-state index is 0.234. The summed E-state index contributed by atoms with van der Waals surface area (Å²) in [6, 6.07) is 12.5. The fourth-order valence-corrected chi connectivity index (χ4v) is 4.76. The Morgan fingerprint density at radius 2 is 1.88 bits per heavy atom. The molecule has 0 aliphatic carbocycles. The van der Waals surface area contributed by atoms with Gasteiger partial charge >= 0.3 is 5.97 Å². The molecule has 1 amide bonds. The van der Waals surface area contributed by atoms with Crippen LogP contribution in [0.4, 0.5) is 5.13 Å². The fraction of sp³-hybridized carbons (Fsp3) is 0.375. The van der Waals surface area contributed by atoms with Crippen molar-refractivity contribution in [2.24, 2.45) is 0 Å². The van der Waals surface area contributed by atoms with E-state index in [-0.39, 0.29) is 17.0 Å². The second-order valence-electron chi connectivity index (χ2n) is 7.48. The highest BCUT2D eigenvalue weighted by atomic mass is 32.1. The number of hydrogen-bond acceptors (Lipinski definition) is 8. The molecule has 0 bridgehead atoms. The van der Waals surface area contributed by atoms with Crippen molar-refractivity contribution in [3.8, 4) is 5.75 Å². The maximum absolute atomic E-state index is 13.8. The average molecular weight is 470 g/mol. The molecular formula is C24H27N3O5S. The van der Waals surface area contributed by atoms with Gasteiger partial charge in [-0.2, -0.15) is 0 Å². The van der Waals surface area contributed by atoms with Crippen LogP contribution in [0.3, 0.4) is 0 Å². The largest absolute Gasteiger partial charge is 0.492 e. The normalized spacial score (nSPS) is 14.2. The van der Waals surface area contributed by atoms with Gasteiger partial charge in [0.15, 0.2) is 5.13 Å². The third-order valence-electron chi connectivity index (χ3n) is 5.45. The molecule has 0 saturated carbocycles. The smallest absolute Gasteiger partial charge is 0.338 e. The Kier molecular flexibility index (Phi) is 7.54. The van der Waals surface area contributed by atoms with E-state index in [0.717, 1.165) is 23.3 Å². The number of methoxy groups -OCH3 is 1. The van der Waals surface area contributed by atoms with Gasteiger partial charge in [-0.1, -0.05) is 29.5 Å². The van der Waals surface area contributed by atoms with E-state index in [1.807, 2.05) is 25.1 Å². The van der Waals surface area contributed by atoms with Crippen LogP contribution in [0.2, 0.25) is 0 Å². The Morgan fingerprint density at radius 3 is 2.61 bits per heavy atom. The molecule has 0 unspecified atom stereocenters. The first-order chi connectivity index (χ1) is 16.1. The lowest BCUT2D eigenvalue weighted by Gasteiger charge is -2.29. The highest BCUT2D eigenvalue weighted by Gasteiger charge is 2.27. The van der Waals surface area contributed by atoms with Crippen LogP contribution < -0.4 is 9.64 Å². The van der Waals surface area contributed by atoms with Crippen LogP contribution in [0.25, 0.3) is 10.2 Å². The van der Waals surface area contributed by atoms with Crippen LogP contribution in [0.15, 0.2) is 42.5 Å². The molecule has 1 aromatic heterocycles. The van der Waals surface area contributed by atoms with Crippen LogP contribution in [0, 0.1) is 0 Å². The number of hydrogen-bond donors (Lipinski definition) is 0. The van der Waals surface area contributed by atoms with Gasteiger partial charge in [-0.25, -0.2) is 9.78 Å². The number of nitrogens with zero attached hydrogens (tertiary/aromatic N) is 3. The van der Waals surface area contributed by atoms with E-state index in [9.17, 15) is 9.59 Å². The predicted molar refractivity (Wildman–Crippen MR) is 128 cm³/mol. The number of aromatic nitrogens is 1. The van der Waals surface area contributed by atoms with Crippen molar-refractivity contribution in [2.45, 2.75) is 6.92 Å². The van der Waals surface area contributed by atoms with Crippen molar-refractivity contribution >= 4 is 38.6 Å². The standard InChI is InChI=1S/C24H27N3O5S/c1-3-32-19-9-6-10-20-21(19)25-24(33-20)27(12-11-26-13-15-31-16-14-26)22(28)17-7-4-5-8-18(17)23(29)30-2/h4-10H,3,11-16H2,1-2H3. The van der Waals surface area contributed by atoms with Crippen molar-refractivity contribution in [3.05, 3.63) is 53.6 Å². The minimum Gasteiger partial charge on any atom is -0.492 e. The Hall–Kier alpha value is -3.01. The molecule has 2 aromatic carbocycles. The van der Waals surface area contributed by atoms with E-state index in [2.05, 4.69) is 4.90 Å². The maximum atomic E-state index is 13.8. The van der Waals surface area contributed by atoms with Crippen LogP contribution >= 0.6 is 11.3 Å². The minimum atomic E-state index is -0.546. The number of ether oxygens (including phenoxy) is 3. The van der Waals surface area contributed by atoms with Crippen molar-refractivity contribution in [3.63, 3.8) is 0 Å². The summed E-state index contributed by atoms with van der Waals surface area (Å²) in [6.07, 6.45) is 0. The lowest BCUT2D eigenvalue weighted by Crippen LogP contribution is -2.43. The molecule has 2 heterocycles. The average Bonchev–Trinajstić information content (AvgIpc) is 3.29. The van der Waals surface area contributed by atoms with Crippen LogP contribution in [-0.2, 0) is 9.47 Å². The molecule has 1 saturated heterocycles. The molecule has 1 aliphatic heterocycles. The topological polar surface area (TPSA) is 81.2 Å². The highest BCUT2D eigenvalue weighted by Crippen LogP contribution is 2.35. The molecule has 3 aromatic rings. The summed E-state index contributed by atoms with van der Waals surface area (Å²) in [5, 5.41) is 0.565. The summed E-state index contributed by atoms with van der Waals surface area (Å²) in [5.41, 5.74) is 1.25. The number of morpholine rings is 1. The molecule has 1 aliphatic rings. The van der Waals surface area contributed by atoms with Crippen molar-refractivity contribution in [1.29, 1.82) is 0 Å². The third-order valence-corrected chi connectivity index (χ3v) is 6.50. The number of carbonyl (C=O) groups is 2. The third kappa shape index (κ3) is 5.16. The molecular weight excluding hydrogens is 442 g/mol. The lowest BCUT2D eigenvalue weighted by molar-refractivity contribution is 0.0390. The number of thiazole rings is 1. The summed E-state index contributed by atoms with van der Waals surface area (Å²) in [7, 11) is 1.31. The van der Waals surface area contributed by atoms with Gasteiger partial charge in [-0.15, -0.1) is 0 Å². The molecule has 33 heavy (non-hydrogen) atoms.